The maximum absolute atomic E-state index is 12.2. The second-order valence-corrected chi connectivity index (χ2v) is 4.78. The normalized spacial score (nSPS) is 11.1. The largest absolute Gasteiger partial charge is 0.350 e. The van der Waals surface area contributed by atoms with E-state index in [4.69, 9.17) is 0 Å². The fourth-order valence-corrected chi connectivity index (χ4v) is 2.27. The number of amides is 1. The van der Waals surface area contributed by atoms with Crippen LogP contribution in [-0.2, 0) is 0 Å². The average molecular weight is 277 g/mol. The summed E-state index contributed by atoms with van der Waals surface area (Å²) in [6, 6.07) is 17.5. The van der Waals surface area contributed by atoms with Crippen LogP contribution >= 0.6 is 0 Å². The number of H-pyrrole nitrogens is 1. The Morgan fingerprint density at radius 3 is 2.57 bits per heavy atom. The van der Waals surface area contributed by atoms with Gasteiger partial charge in [-0.05, 0) is 24.1 Å². The standard InChI is InChI=1S/C17H15N3O/c1-12-14-9-5-6-10-15(14)19-16(12)17(21)20-18-11-13-7-3-2-4-8-13/h2-11,19H,1H3,(H,20,21)/b18-11+. The minimum atomic E-state index is -0.240. The third kappa shape index (κ3) is 2.69. The highest BCUT2D eigenvalue weighted by Gasteiger charge is 2.13. The Kier molecular flexibility index (Phi) is 3.51. The number of carbonyl (C=O) groups is 1. The fourth-order valence-electron chi connectivity index (χ4n) is 2.27. The van der Waals surface area contributed by atoms with Gasteiger partial charge in [0.25, 0.3) is 5.91 Å². The molecule has 0 radical (unpaired) electrons. The van der Waals surface area contributed by atoms with E-state index in [0.29, 0.717) is 5.69 Å². The first-order chi connectivity index (χ1) is 10.3. The Labute approximate surface area is 122 Å². The van der Waals surface area contributed by atoms with E-state index >= 15 is 0 Å². The molecule has 3 rings (SSSR count). The summed E-state index contributed by atoms with van der Waals surface area (Å²) >= 11 is 0. The Morgan fingerprint density at radius 1 is 1.10 bits per heavy atom. The lowest BCUT2D eigenvalue weighted by atomic mass is 10.1. The highest BCUT2D eigenvalue weighted by molar-refractivity contribution is 6.01. The summed E-state index contributed by atoms with van der Waals surface area (Å²) in [6.45, 7) is 1.93. The summed E-state index contributed by atoms with van der Waals surface area (Å²) in [6.07, 6.45) is 1.62. The molecule has 4 nitrogen and oxygen atoms in total. The molecule has 0 bridgehead atoms. The molecule has 1 heterocycles. The molecular formula is C17H15N3O. The van der Waals surface area contributed by atoms with Gasteiger partial charge in [-0.1, -0.05) is 48.5 Å². The van der Waals surface area contributed by atoms with Crippen molar-refractivity contribution >= 4 is 23.0 Å². The second-order valence-electron chi connectivity index (χ2n) is 4.78. The number of carbonyl (C=O) groups excluding carboxylic acids is 1. The van der Waals surface area contributed by atoms with Crippen LogP contribution < -0.4 is 5.43 Å². The Morgan fingerprint density at radius 2 is 1.81 bits per heavy atom. The van der Waals surface area contributed by atoms with Gasteiger partial charge in [0, 0.05) is 10.9 Å². The molecule has 0 fully saturated rings. The summed E-state index contributed by atoms with van der Waals surface area (Å²) in [7, 11) is 0. The number of aromatic nitrogens is 1. The molecule has 1 aromatic heterocycles. The first kappa shape index (κ1) is 13.1. The molecular weight excluding hydrogens is 262 g/mol. The molecule has 104 valence electrons. The lowest BCUT2D eigenvalue weighted by Gasteiger charge is -1.98. The van der Waals surface area contributed by atoms with Crippen molar-refractivity contribution in [3.8, 4) is 0 Å². The van der Waals surface area contributed by atoms with Crippen LogP contribution in [0.3, 0.4) is 0 Å². The highest BCUT2D eigenvalue weighted by atomic mass is 16.2. The molecule has 0 saturated carbocycles. The molecule has 0 saturated heterocycles. The van der Waals surface area contributed by atoms with Gasteiger partial charge in [-0.2, -0.15) is 5.10 Å². The van der Waals surface area contributed by atoms with Crippen LogP contribution in [0.2, 0.25) is 0 Å². The number of aromatic amines is 1. The predicted octanol–water partition coefficient (Wildman–Crippen LogP) is 3.24. The van der Waals surface area contributed by atoms with Crippen molar-refractivity contribution < 1.29 is 4.79 Å². The topological polar surface area (TPSA) is 57.2 Å². The van der Waals surface area contributed by atoms with Gasteiger partial charge in [-0.15, -0.1) is 0 Å². The molecule has 0 unspecified atom stereocenters. The van der Waals surface area contributed by atoms with Crippen molar-refractivity contribution in [3.05, 3.63) is 71.4 Å². The van der Waals surface area contributed by atoms with E-state index < -0.39 is 0 Å². The quantitative estimate of drug-likeness (QED) is 0.560. The van der Waals surface area contributed by atoms with E-state index in [0.717, 1.165) is 22.0 Å². The van der Waals surface area contributed by atoms with Crippen LogP contribution in [0.5, 0.6) is 0 Å². The van der Waals surface area contributed by atoms with Crippen LogP contribution in [0, 0.1) is 6.92 Å². The number of aryl methyl sites for hydroxylation is 1. The summed E-state index contributed by atoms with van der Waals surface area (Å²) in [4.78, 5) is 15.3. The van der Waals surface area contributed by atoms with Crippen molar-refractivity contribution in [2.24, 2.45) is 5.10 Å². The highest BCUT2D eigenvalue weighted by Crippen LogP contribution is 2.20. The van der Waals surface area contributed by atoms with E-state index in [1.54, 1.807) is 6.21 Å². The SMILES string of the molecule is Cc1c(C(=O)N/N=C/c2ccccc2)[nH]c2ccccc12. The van der Waals surface area contributed by atoms with Crippen LogP contribution in [0.25, 0.3) is 10.9 Å². The maximum Gasteiger partial charge on any atom is 0.288 e. The molecule has 0 aliphatic rings. The van der Waals surface area contributed by atoms with Gasteiger partial charge in [0.15, 0.2) is 0 Å². The smallest absolute Gasteiger partial charge is 0.288 e. The number of nitrogens with zero attached hydrogens (tertiary/aromatic N) is 1. The van der Waals surface area contributed by atoms with E-state index in [1.807, 2.05) is 61.5 Å². The molecule has 3 aromatic rings. The van der Waals surface area contributed by atoms with Crippen LogP contribution in [-0.4, -0.2) is 17.1 Å². The average Bonchev–Trinajstić information content (AvgIpc) is 2.86. The molecule has 0 spiro atoms. The molecule has 0 aliphatic heterocycles. The van der Waals surface area contributed by atoms with Crippen LogP contribution in [0.15, 0.2) is 59.7 Å². The number of para-hydroxylation sites is 1. The monoisotopic (exact) mass is 277 g/mol. The van der Waals surface area contributed by atoms with Crippen molar-refractivity contribution in [2.75, 3.05) is 0 Å². The third-order valence-electron chi connectivity index (χ3n) is 3.37. The van der Waals surface area contributed by atoms with Crippen molar-refractivity contribution in [1.29, 1.82) is 0 Å². The Balaban J connectivity index is 1.78. The minimum absolute atomic E-state index is 0.240. The van der Waals surface area contributed by atoms with E-state index in [1.165, 1.54) is 0 Å². The van der Waals surface area contributed by atoms with Crippen molar-refractivity contribution in [3.63, 3.8) is 0 Å². The van der Waals surface area contributed by atoms with Crippen LogP contribution in [0.4, 0.5) is 0 Å². The van der Waals surface area contributed by atoms with Crippen molar-refractivity contribution in [1.82, 2.24) is 10.4 Å². The van der Waals surface area contributed by atoms with Gasteiger partial charge in [-0.3, -0.25) is 4.79 Å². The van der Waals surface area contributed by atoms with Gasteiger partial charge in [0.1, 0.15) is 5.69 Å². The summed E-state index contributed by atoms with van der Waals surface area (Å²) in [5.74, 6) is -0.240. The zero-order valence-electron chi connectivity index (χ0n) is 11.6. The van der Waals surface area contributed by atoms with E-state index in [9.17, 15) is 4.79 Å². The first-order valence-corrected chi connectivity index (χ1v) is 6.71. The predicted molar refractivity (Wildman–Crippen MR) is 84.5 cm³/mol. The zero-order chi connectivity index (χ0) is 14.7. The molecule has 21 heavy (non-hydrogen) atoms. The van der Waals surface area contributed by atoms with Crippen molar-refractivity contribution in [2.45, 2.75) is 6.92 Å². The summed E-state index contributed by atoms with van der Waals surface area (Å²) in [5.41, 5.74) is 5.91. The van der Waals surface area contributed by atoms with Crippen LogP contribution in [0.1, 0.15) is 21.6 Å². The number of fused-ring (bicyclic) bond motifs is 1. The number of rotatable bonds is 3. The number of hydrogen-bond donors (Lipinski definition) is 2. The number of hydrazone groups is 1. The first-order valence-electron chi connectivity index (χ1n) is 6.71. The van der Waals surface area contributed by atoms with Gasteiger partial charge >= 0.3 is 0 Å². The lowest BCUT2D eigenvalue weighted by molar-refractivity contribution is 0.0950. The lowest BCUT2D eigenvalue weighted by Crippen LogP contribution is -2.18. The number of benzene rings is 2. The zero-order valence-corrected chi connectivity index (χ0v) is 11.6. The molecule has 0 atom stereocenters. The molecule has 0 aliphatic carbocycles. The summed E-state index contributed by atoms with van der Waals surface area (Å²) in [5, 5.41) is 5.04. The maximum atomic E-state index is 12.2. The van der Waals surface area contributed by atoms with E-state index in [-0.39, 0.29) is 5.91 Å². The van der Waals surface area contributed by atoms with Gasteiger partial charge in [0.05, 0.1) is 6.21 Å². The number of nitrogens with one attached hydrogen (secondary N) is 2. The van der Waals surface area contributed by atoms with Gasteiger partial charge < -0.3 is 4.98 Å². The Bertz CT molecular complexity index is 803. The van der Waals surface area contributed by atoms with E-state index in [2.05, 4.69) is 15.5 Å². The molecule has 1 amide bonds. The van der Waals surface area contributed by atoms with Gasteiger partial charge in [-0.25, -0.2) is 5.43 Å². The minimum Gasteiger partial charge on any atom is -0.350 e. The molecule has 4 heteroatoms. The second kappa shape index (κ2) is 5.63. The summed E-state index contributed by atoms with van der Waals surface area (Å²) < 4.78 is 0. The molecule has 2 aromatic carbocycles. The third-order valence-corrected chi connectivity index (χ3v) is 3.37. The fraction of sp³-hybridized carbons (Fsp3) is 0.0588. The number of hydrogen-bond acceptors (Lipinski definition) is 2. The Hall–Kier alpha value is -2.88. The van der Waals surface area contributed by atoms with Gasteiger partial charge in [0.2, 0.25) is 0 Å². The molecule has 2 N–H and O–H groups in total.